The Labute approximate surface area is 119 Å². The lowest BCUT2D eigenvalue weighted by Crippen LogP contribution is -2.17. The summed E-state index contributed by atoms with van der Waals surface area (Å²) >= 11 is 0. The zero-order chi connectivity index (χ0) is 14.6. The minimum Gasteiger partial charge on any atom is -0.381 e. The van der Waals surface area contributed by atoms with Crippen LogP contribution in [0.4, 0.5) is 18.9 Å². The van der Waals surface area contributed by atoms with Crippen LogP contribution in [0.1, 0.15) is 24.1 Å². The van der Waals surface area contributed by atoms with Gasteiger partial charge in [-0.15, -0.1) is 0 Å². The van der Waals surface area contributed by atoms with Crippen LogP contribution in [0.15, 0.2) is 6.07 Å². The predicted octanol–water partition coefficient (Wildman–Crippen LogP) is 3.30. The van der Waals surface area contributed by atoms with Gasteiger partial charge >= 0.3 is 0 Å². The first kappa shape index (κ1) is 12.9. The van der Waals surface area contributed by atoms with Crippen molar-refractivity contribution in [3.05, 3.63) is 34.8 Å². The smallest absolute Gasteiger partial charge is 0.196 e. The van der Waals surface area contributed by atoms with Crippen molar-refractivity contribution in [1.82, 2.24) is 4.98 Å². The van der Waals surface area contributed by atoms with Gasteiger partial charge in [-0.1, -0.05) is 0 Å². The first-order valence-electron chi connectivity index (χ1n) is 6.98. The molecule has 1 saturated carbocycles. The zero-order valence-electron chi connectivity index (χ0n) is 11.2. The number of nitrogens with zero attached hydrogens (tertiary/aromatic N) is 1. The van der Waals surface area contributed by atoms with Gasteiger partial charge in [0, 0.05) is 23.4 Å². The summed E-state index contributed by atoms with van der Waals surface area (Å²) in [4.78, 5) is 4.20. The van der Waals surface area contributed by atoms with E-state index in [4.69, 9.17) is 4.74 Å². The maximum Gasteiger partial charge on any atom is 0.196 e. The number of halogens is 3. The number of ether oxygens (including phenoxy) is 1. The Morgan fingerprint density at radius 2 is 2.00 bits per heavy atom. The molecule has 0 unspecified atom stereocenters. The van der Waals surface area contributed by atoms with E-state index in [1.165, 1.54) is 0 Å². The molecular formula is C15H13F3N2O. The molecule has 1 N–H and O–H groups in total. The second-order valence-corrected chi connectivity index (χ2v) is 5.52. The highest BCUT2D eigenvalue weighted by molar-refractivity contribution is 5.94. The Kier molecular flexibility index (Phi) is 2.82. The molecule has 1 aromatic heterocycles. The van der Waals surface area contributed by atoms with E-state index in [0.29, 0.717) is 37.1 Å². The van der Waals surface area contributed by atoms with Gasteiger partial charge in [0.25, 0.3) is 0 Å². The van der Waals surface area contributed by atoms with Crippen molar-refractivity contribution in [3.63, 3.8) is 0 Å². The third kappa shape index (κ3) is 2.05. The van der Waals surface area contributed by atoms with Gasteiger partial charge in [-0.05, 0) is 18.9 Å². The number of fused-ring (bicyclic) bond motifs is 2. The maximum absolute atomic E-state index is 14.0. The molecule has 2 heterocycles. The number of pyridine rings is 1. The summed E-state index contributed by atoms with van der Waals surface area (Å²) in [6.45, 7) is 0.855. The van der Waals surface area contributed by atoms with Crippen molar-refractivity contribution in [2.45, 2.75) is 31.9 Å². The minimum absolute atomic E-state index is 0.113. The molecule has 0 spiro atoms. The average molecular weight is 294 g/mol. The van der Waals surface area contributed by atoms with Gasteiger partial charge in [-0.3, -0.25) is 0 Å². The van der Waals surface area contributed by atoms with Crippen molar-refractivity contribution >= 4 is 16.6 Å². The molecule has 21 heavy (non-hydrogen) atoms. The highest BCUT2D eigenvalue weighted by atomic mass is 19.2. The van der Waals surface area contributed by atoms with E-state index in [1.54, 1.807) is 0 Å². The van der Waals surface area contributed by atoms with Gasteiger partial charge < -0.3 is 10.1 Å². The predicted molar refractivity (Wildman–Crippen MR) is 71.6 cm³/mol. The molecule has 0 radical (unpaired) electrons. The van der Waals surface area contributed by atoms with Gasteiger partial charge in [-0.2, -0.15) is 0 Å². The third-order valence-electron chi connectivity index (χ3n) is 3.96. The Bertz CT molecular complexity index is 744. The molecule has 0 amide bonds. The molecule has 3 nitrogen and oxygen atoms in total. The van der Waals surface area contributed by atoms with E-state index in [9.17, 15) is 13.2 Å². The van der Waals surface area contributed by atoms with Crippen LogP contribution in [0.5, 0.6) is 0 Å². The molecule has 1 fully saturated rings. The highest BCUT2D eigenvalue weighted by Crippen LogP contribution is 2.37. The largest absolute Gasteiger partial charge is 0.381 e. The normalized spacial score (nSPS) is 17.9. The topological polar surface area (TPSA) is 34.2 Å². The molecule has 0 saturated heterocycles. The molecule has 4 rings (SSSR count). The summed E-state index contributed by atoms with van der Waals surface area (Å²) in [5.41, 5.74) is 2.04. The van der Waals surface area contributed by atoms with Crippen LogP contribution in [0.3, 0.4) is 0 Å². The summed E-state index contributed by atoms with van der Waals surface area (Å²) in [6, 6.07) is 1.32. The number of nitrogens with one attached hydrogen (secondary N) is 1. The molecule has 0 bridgehead atoms. The second kappa shape index (κ2) is 4.59. The fourth-order valence-corrected chi connectivity index (χ4v) is 2.70. The number of hydrogen-bond acceptors (Lipinski definition) is 3. The molecular weight excluding hydrogens is 281 g/mol. The summed E-state index contributed by atoms with van der Waals surface area (Å²) in [5, 5.41) is 3.57. The number of hydrogen-bond donors (Lipinski definition) is 1. The fourth-order valence-electron chi connectivity index (χ4n) is 2.70. The van der Waals surface area contributed by atoms with Crippen LogP contribution in [-0.2, 0) is 17.8 Å². The highest BCUT2D eigenvalue weighted by Gasteiger charge is 2.28. The molecule has 2 aromatic rings. The summed E-state index contributed by atoms with van der Waals surface area (Å²) < 4.78 is 46.5. The monoisotopic (exact) mass is 294 g/mol. The summed E-state index contributed by atoms with van der Waals surface area (Å²) in [7, 11) is 0. The second-order valence-electron chi connectivity index (χ2n) is 5.52. The quantitative estimate of drug-likeness (QED) is 0.863. The van der Waals surface area contributed by atoms with Gasteiger partial charge in [0.05, 0.1) is 24.6 Å². The van der Waals surface area contributed by atoms with Crippen LogP contribution >= 0.6 is 0 Å². The van der Waals surface area contributed by atoms with Crippen molar-refractivity contribution in [1.29, 1.82) is 0 Å². The van der Waals surface area contributed by atoms with Gasteiger partial charge in [0.1, 0.15) is 5.52 Å². The fraction of sp³-hybridized carbons (Fsp3) is 0.400. The van der Waals surface area contributed by atoms with E-state index in [2.05, 4.69) is 10.3 Å². The van der Waals surface area contributed by atoms with Crippen LogP contribution in [0, 0.1) is 17.5 Å². The molecule has 1 aliphatic carbocycles. The number of rotatable bonds is 2. The SMILES string of the molecule is Fc1cc2c(NC3CC3)c3c(nc2c(F)c1F)CCOC3. The van der Waals surface area contributed by atoms with E-state index >= 15 is 0 Å². The van der Waals surface area contributed by atoms with Crippen LogP contribution in [-0.4, -0.2) is 17.6 Å². The molecule has 1 aliphatic heterocycles. The van der Waals surface area contributed by atoms with Crippen molar-refractivity contribution in [2.24, 2.45) is 0 Å². The first-order valence-corrected chi connectivity index (χ1v) is 6.98. The summed E-state index contributed by atoms with van der Waals surface area (Å²) in [6.07, 6.45) is 2.58. The Morgan fingerprint density at radius 3 is 2.76 bits per heavy atom. The van der Waals surface area contributed by atoms with Gasteiger partial charge in [0.2, 0.25) is 0 Å². The van der Waals surface area contributed by atoms with Crippen molar-refractivity contribution < 1.29 is 17.9 Å². The van der Waals surface area contributed by atoms with Gasteiger partial charge in [-0.25, -0.2) is 18.2 Å². The number of anilines is 1. The van der Waals surface area contributed by atoms with E-state index in [1.807, 2.05) is 0 Å². The van der Waals surface area contributed by atoms with Crippen LogP contribution < -0.4 is 5.32 Å². The maximum atomic E-state index is 14.0. The van der Waals surface area contributed by atoms with Gasteiger partial charge in [0.15, 0.2) is 17.5 Å². The van der Waals surface area contributed by atoms with E-state index in [-0.39, 0.29) is 10.9 Å². The van der Waals surface area contributed by atoms with Crippen molar-refractivity contribution in [2.75, 3.05) is 11.9 Å². The average Bonchev–Trinajstić information content (AvgIpc) is 3.30. The lowest BCUT2D eigenvalue weighted by molar-refractivity contribution is 0.110. The molecule has 0 atom stereocenters. The Morgan fingerprint density at radius 1 is 1.19 bits per heavy atom. The third-order valence-corrected chi connectivity index (χ3v) is 3.96. The molecule has 1 aromatic carbocycles. The molecule has 6 heteroatoms. The Balaban J connectivity index is 2.03. The number of aromatic nitrogens is 1. The van der Waals surface area contributed by atoms with Crippen molar-refractivity contribution in [3.8, 4) is 0 Å². The zero-order valence-corrected chi connectivity index (χ0v) is 11.2. The number of benzene rings is 1. The minimum atomic E-state index is -1.47. The van der Waals surface area contributed by atoms with E-state index in [0.717, 1.165) is 24.5 Å². The summed E-state index contributed by atoms with van der Waals surface area (Å²) in [5.74, 6) is -3.89. The Hall–Kier alpha value is -1.82. The standard InChI is InChI=1S/C15H13F3N2O/c16-10-5-8-14(19-7-1-2-7)9-6-21-4-3-11(9)20-15(8)13(18)12(10)17/h5,7H,1-4,6H2,(H,19,20). The van der Waals surface area contributed by atoms with Crippen LogP contribution in [0.2, 0.25) is 0 Å². The lowest BCUT2D eigenvalue weighted by atomic mass is 10.0. The van der Waals surface area contributed by atoms with Crippen LogP contribution in [0.25, 0.3) is 10.9 Å². The molecule has 110 valence electrons. The van der Waals surface area contributed by atoms with E-state index < -0.39 is 17.5 Å². The lowest BCUT2D eigenvalue weighted by Gasteiger charge is -2.22. The molecule has 2 aliphatic rings. The first-order chi connectivity index (χ1) is 10.1.